The van der Waals surface area contributed by atoms with Gasteiger partial charge in [0.25, 0.3) is 0 Å². The number of piperidine rings is 1. The highest BCUT2D eigenvalue weighted by Crippen LogP contribution is 2.21. The number of unbranched alkanes of at least 4 members (excludes halogenated alkanes) is 3. The molecule has 0 aromatic heterocycles. The highest BCUT2D eigenvalue weighted by molar-refractivity contribution is 4.85. The number of likely N-dealkylation sites (tertiary alicyclic amines) is 1. The fourth-order valence-corrected chi connectivity index (χ4v) is 2.96. The van der Waals surface area contributed by atoms with Crippen LogP contribution in [0.2, 0.25) is 0 Å². The minimum Gasteiger partial charge on any atom is -0.312 e. The largest absolute Gasteiger partial charge is 0.312 e. The van der Waals surface area contributed by atoms with Crippen LogP contribution in [0.15, 0.2) is 12.7 Å². The highest BCUT2D eigenvalue weighted by atomic mass is 15.2. The molecule has 1 heterocycles. The molecule has 1 unspecified atom stereocenters. The fraction of sp³-hybridized carbons (Fsp3) is 0.875. The van der Waals surface area contributed by atoms with Gasteiger partial charge in [0.15, 0.2) is 0 Å². The maximum Gasteiger partial charge on any atom is 0.0220 e. The van der Waals surface area contributed by atoms with Gasteiger partial charge in [0.05, 0.1) is 0 Å². The number of rotatable bonds is 9. The lowest BCUT2D eigenvalue weighted by molar-refractivity contribution is 0.142. The van der Waals surface area contributed by atoms with E-state index in [0.717, 1.165) is 12.1 Å². The van der Waals surface area contributed by atoms with Gasteiger partial charge in [0.2, 0.25) is 0 Å². The van der Waals surface area contributed by atoms with Crippen LogP contribution in [-0.4, -0.2) is 36.6 Å². The van der Waals surface area contributed by atoms with E-state index in [4.69, 9.17) is 0 Å². The zero-order valence-electron chi connectivity index (χ0n) is 11.9. The number of nitrogens with one attached hydrogen (secondary N) is 1. The molecule has 0 aromatic rings. The third kappa shape index (κ3) is 5.11. The summed E-state index contributed by atoms with van der Waals surface area (Å²) in [5.74, 6) is 0. The van der Waals surface area contributed by atoms with Crippen molar-refractivity contribution in [3.8, 4) is 0 Å². The topological polar surface area (TPSA) is 15.3 Å². The summed E-state index contributed by atoms with van der Waals surface area (Å²) in [5.41, 5.74) is 0. The monoisotopic (exact) mass is 250 g/mol. The molecule has 1 aliphatic heterocycles. The summed E-state index contributed by atoms with van der Waals surface area (Å²) >= 11 is 0. The van der Waals surface area contributed by atoms with Crippen molar-refractivity contribution in [3.63, 3.8) is 0 Å². The smallest absolute Gasteiger partial charge is 0.0220 e. The molecule has 2 heteroatoms. The molecule has 0 radical (unpaired) electrons. The molecule has 2 aliphatic rings. The van der Waals surface area contributed by atoms with Crippen molar-refractivity contribution in [3.05, 3.63) is 12.7 Å². The first-order valence-corrected chi connectivity index (χ1v) is 7.98. The van der Waals surface area contributed by atoms with Crippen LogP contribution in [0.3, 0.4) is 0 Å². The third-order valence-corrected chi connectivity index (χ3v) is 4.32. The number of allylic oxidation sites excluding steroid dienone is 1. The molecule has 2 fully saturated rings. The molecule has 2 nitrogen and oxygen atoms in total. The van der Waals surface area contributed by atoms with Gasteiger partial charge in [0, 0.05) is 18.6 Å². The normalized spacial score (nSPS) is 25.2. The molecule has 1 saturated carbocycles. The predicted octanol–water partition coefficient (Wildman–Crippen LogP) is 3.34. The third-order valence-electron chi connectivity index (χ3n) is 4.32. The Kier molecular flexibility index (Phi) is 6.22. The van der Waals surface area contributed by atoms with Gasteiger partial charge in [-0.05, 0) is 58.0 Å². The molecular weight excluding hydrogens is 220 g/mol. The average molecular weight is 250 g/mol. The second-order valence-electron chi connectivity index (χ2n) is 6.01. The first kappa shape index (κ1) is 14.1. The van der Waals surface area contributed by atoms with Gasteiger partial charge in [-0.1, -0.05) is 18.9 Å². The van der Waals surface area contributed by atoms with Crippen LogP contribution in [0.5, 0.6) is 0 Å². The van der Waals surface area contributed by atoms with E-state index in [1.54, 1.807) is 0 Å². The van der Waals surface area contributed by atoms with Crippen molar-refractivity contribution in [1.29, 1.82) is 0 Å². The Morgan fingerprint density at radius 1 is 1.11 bits per heavy atom. The van der Waals surface area contributed by atoms with Crippen LogP contribution in [-0.2, 0) is 0 Å². The highest BCUT2D eigenvalue weighted by Gasteiger charge is 2.25. The Balaban J connectivity index is 1.60. The predicted molar refractivity (Wildman–Crippen MR) is 78.9 cm³/mol. The van der Waals surface area contributed by atoms with E-state index in [2.05, 4.69) is 16.8 Å². The summed E-state index contributed by atoms with van der Waals surface area (Å²) in [4.78, 5) is 2.74. The molecular formula is C16H30N2. The number of hydrogen-bond acceptors (Lipinski definition) is 2. The van der Waals surface area contributed by atoms with E-state index in [1.165, 1.54) is 77.4 Å². The Hall–Kier alpha value is -0.340. The summed E-state index contributed by atoms with van der Waals surface area (Å²) in [6.07, 6.45) is 14.4. The lowest BCUT2D eigenvalue weighted by Crippen LogP contribution is -2.46. The summed E-state index contributed by atoms with van der Waals surface area (Å²) in [6.45, 7) is 7.67. The zero-order chi connectivity index (χ0) is 12.6. The lowest BCUT2D eigenvalue weighted by Gasteiger charge is -2.36. The van der Waals surface area contributed by atoms with E-state index in [-0.39, 0.29) is 0 Å². The molecule has 2 rings (SSSR count). The maximum absolute atomic E-state index is 3.79. The minimum absolute atomic E-state index is 0.818. The molecule has 1 saturated heterocycles. The van der Waals surface area contributed by atoms with Gasteiger partial charge in [-0.3, -0.25) is 4.90 Å². The van der Waals surface area contributed by atoms with Crippen molar-refractivity contribution in [2.45, 2.75) is 69.9 Å². The van der Waals surface area contributed by atoms with Crippen LogP contribution in [0.1, 0.15) is 57.8 Å². The Labute approximate surface area is 113 Å². The second kappa shape index (κ2) is 7.96. The Bertz CT molecular complexity index is 235. The standard InChI is InChI=1S/C16H30N2/c1-2-3-4-5-7-12-18-13-8-6-9-16(18)14-17-15-10-11-15/h2,15-17H,1,3-14H2. The summed E-state index contributed by atoms with van der Waals surface area (Å²) < 4.78 is 0. The summed E-state index contributed by atoms with van der Waals surface area (Å²) in [7, 11) is 0. The quantitative estimate of drug-likeness (QED) is 0.499. The maximum atomic E-state index is 3.79. The van der Waals surface area contributed by atoms with Gasteiger partial charge in [-0.2, -0.15) is 0 Å². The summed E-state index contributed by atoms with van der Waals surface area (Å²) in [6, 6.07) is 1.68. The first-order chi connectivity index (χ1) is 8.90. The van der Waals surface area contributed by atoms with Gasteiger partial charge in [-0.25, -0.2) is 0 Å². The van der Waals surface area contributed by atoms with Gasteiger partial charge < -0.3 is 5.32 Å². The fourth-order valence-electron chi connectivity index (χ4n) is 2.96. The summed E-state index contributed by atoms with van der Waals surface area (Å²) in [5, 5.41) is 3.71. The first-order valence-electron chi connectivity index (χ1n) is 7.98. The average Bonchev–Trinajstić information content (AvgIpc) is 3.21. The van der Waals surface area contributed by atoms with Gasteiger partial charge >= 0.3 is 0 Å². The van der Waals surface area contributed by atoms with Crippen molar-refractivity contribution < 1.29 is 0 Å². The van der Waals surface area contributed by atoms with E-state index in [0.29, 0.717) is 0 Å². The second-order valence-corrected chi connectivity index (χ2v) is 6.01. The Morgan fingerprint density at radius 2 is 2.00 bits per heavy atom. The number of hydrogen-bond donors (Lipinski definition) is 1. The van der Waals surface area contributed by atoms with Crippen LogP contribution in [0.4, 0.5) is 0 Å². The van der Waals surface area contributed by atoms with E-state index in [1.807, 2.05) is 6.08 Å². The van der Waals surface area contributed by atoms with Gasteiger partial charge in [-0.15, -0.1) is 6.58 Å². The van der Waals surface area contributed by atoms with Crippen molar-refractivity contribution >= 4 is 0 Å². The van der Waals surface area contributed by atoms with E-state index < -0.39 is 0 Å². The molecule has 1 atom stereocenters. The van der Waals surface area contributed by atoms with Crippen LogP contribution in [0.25, 0.3) is 0 Å². The van der Waals surface area contributed by atoms with E-state index in [9.17, 15) is 0 Å². The van der Waals surface area contributed by atoms with Crippen molar-refractivity contribution in [2.24, 2.45) is 0 Å². The molecule has 0 aromatic carbocycles. The molecule has 0 amide bonds. The lowest BCUT2D eigenvalue weighted by atomic mass is 10.0. The molecule has 0 bridgehead atoms. The molecule has 0 spiro atoms. The van der Waals surface area contributed by atoms with Crippen LogP contribution < -0.4 is 5.32 Å². The molecule has 104 valence electrons. The minimum atomic E-state index is 0.818. The molecule has 1 N–H and O–H groups in total. The zero-order valence-corrected chi connectivity index (χ0v) is 11.9. The van der Waals surface area contributed by atoms with Crippen molar-refractivity contribution in [1.82, 2.24) is 10.2 Å². The molecule has 18 heavy (non-hydrogen) atoms. The van der Waals surface area contributed by atoms with E-state index >= 15 is 0 Å². The van der Waals surface area contributed by atoms with Gasteiger partial charge in [0.1, 0.15) is 0 Å². The Morgan fingerprint density at radius 3 is 2.78 bits per heavy atom. The van der Waals surface area contributed by atoms with Crippen molar-refractivity contribution in [2.75, 3.05) is 19.6 Å². The SMILES string of the molecule is C=CCCCCCN1CCCCC1CNC1CC1. The number of nitrogens with zero attached hydrogens (tertiary/aromatic N) is 1. The molecule has 1 aliphatic carbocycles. The van der Waals surface area contributed by atoms with Crippen LogP contribution in [0, 0.1) is 0 Å². The van der Waals surface area contributed by atoms with Crippen LogP contribution >= 0.6 is 0 Å².